The number of ether oxygens (including phenoxy) is 1. The van der Waals surface area contributed by atoms with Crippen molar-refractivity contribution in [1.82, 2.24) is 5.32 Å². The Morgan fingerprint density at radius 2 is 1.23 bits per heavy atom. The Labute approximate surface area is 139 Å². The molecule has 0 aromatic heterocycles. The summed E-state index contributed by atoms with van der Waals surface area (Å²) < 4.78 is 5.85. The zero-order chi connectivity index (χ0) is 15.7. The number of rotatable bonds is 16. The van der Waals surface area contributed by atoms with Gasteiger partial charge in [0.1, 0.15) is 0 Å². The molecule has 1 heterocycles. The minimum Gasteiger partial charge on any atom is -0.377 e. The summed E-state index contributed by atoms with van der Waals surface area (Å²) in [4.78, 5) is 0. The van der Waals surface area contributed by atoms with Gasteiger partial charge in [-0.15, -0.1) is 0 Å². The summed E-state index contributed by atoms with van der Waals surface area (Å²) in [6.07, 6.45) is 21.7. The van der Waals surface area contributed by atoms with Crippen LogP contribution in [0.1, 0.15) is 103 Å². The molecule has 0 amide bonds. The van der Waals surface area contributed by atoms with E-state index in [2.05, 4.69) is 12.2 Å². The Bertz CT molecular complexity index is 214. The van der Waals surface area contributed by atoms with Crippen LogP contribution in [0.15, 0.2) is 0 Å². The van der Waals surface area contributed by atoms with E-state index in [9.17, 15) is 0 Å². The average molecular weight is 312 g/mol. The summed E-state index contributed by atoms with van der Waals surface area (Å²) in [6, 6.07) is 0. The van der Waals surface area contributed by atoms with Crippen LogP contribution in [0, 0.1) is 0 Å². The van der Waals surface area contributed by atoms with Gasteiger partial charge in [-0.1, -0.05) is 90.4 Å². The maximum absolute atomic E-state index is 5.85. The van der Waals surface area contributed by atoms with Crippen molar-refractivity contribution in [2.45, 2.75) is 109 Å². The second-order valence-corrected chi connectivity index (χ2v) is 7.08. The first-order valence-electron chi connectivity index (χ1n) is 10.3. The molecule has 0 radical (unpaired) electrons. The molecular weight excluding hydrogens is 270 g/mol. The van der Waals surface area contributed by atoms with Crippen molar-refractivity contribution < 1.29 is 4.74 Å². The van der Waals surface area contributed by atoms with Crippen LogP contribution in [-0.2, 0) is 4.74 Å². The smallest absolute Gasteiger partial charge is 0.0711 e. The molecule has 2 heteroatoms. The molecule has 0 aromatic carbocycles. The van der Waals surface area contributed by atoms with E-state index in [1.165, 1.54) is 96.3 Å². The Morgan fingerprint density at radius 3 is 1.68 bits per heavy atom. The molecule has 0 spiro atoms. The van der Waals surface area contributed by atoms with Crippen LogP contribution >= 0.6 is 0 Å². The monoisotopic (exact) mass is 311 g/mol. The molecule has 0 aromatic rings. The molecule has 1 aliphatic heterocycles. The van der Waals surface area contributed by atoms with Gasteiger partial charge in [0.15, 0.2) is 0 Å². The quantitative estimate of drug-likeness (QED) is 0.361. The van der Waals surface area contributed by atoms with Crippen LogP contribution in [0.2, 0.25) is 0 Å². The van der Waals surface area contributed by atoms with Crippen molar-refractivity contribution in [3.05, 3.63) is 0 Å². The molecule has 22 heavy (non-hydrogen) atoms. The standard InChI is InChI=1S/C20H41NO/c1-2-3-4-5-6-7-8-9-10-11-12-13-14-15-18-22-20-16-17-21-19-20/h20-21H,2-19H2,1H3. The van der Waals surface area contributed by atoms with Gasteiger partial charge in [0.25, 0.3) is 0 Å². The average Bonchev–Trinajstić information content (AvgIpc) is 3.04. The van der Waals surface area contributed by atoms with Crippen LogP contribution in [-0.4, -0.2) is 25.8 Å². The van der Waals surface area contributed by atoms with Crippen molar-refractivity contribution in [1.29, 1.82) is 0 Å². The lowest BCUT2D eigenvalue weighted by atomic mass is 10.0. The second-order valence-electron chi connectivity index (χ2n) is 7.08. The van der Waals surface area contributed by atoms with Crippen LogP contribution in [0.3, 0.4) is 0 Å². The van der Waals surface area contributed by atoms with E-state index in [0.29, 0.717) is 6.10 Å². The van der Waals surface area contributed by atoms with Crippen molar-refractivity contribution in [2.24, 2.45) is 0 Å². The maximum atomic E-state index is 5.85. The van der Waals surface area contributed by atoms with Gasteiger partial charge < -0.3 is 10.1 Å². The number of unbranched alkanes of at least 4 members (excludes halogenated alkanes) is 13. The summed E-state index contributed by atoms with van der Waals surface area (Å²) in [5.41, 5.74) is 0. The molecule has 1 fully saturated rings. The summed E-state index contributed by atoms with van der Waals surface area (Å²) in [6.45, 7) is 5.48. The van der Waals surface area contributed by atoms with Crippen LogP contribution in [0.4, 0.5) is 0 Å². The van der Waals surface area contributed by atoms with E-state index in [-0.39, 0.29) is 0 Å². The van der Waals surface area contributed by atoms with Crippen LogP contribution in [0.25, 0.3) is 0 Å². The molecule has 1 N–H and O–H groups in total. The maximum Gasteiger partial charge on any atom is 0.0711 e. The highest BCUT2D eigenvalue weighted by molar-refractivity contribution is 4.70. The number of hydrogen-bond donors (Lipinski definition) is 1. The van der Waals surface area contributed by atoms with Crippen molar-refractivity contribution >= 4 is 0 Å². The topological polar surface area (TPSA) is 21.3 Å². The largest absolute Gasteiger partial charge is 0.377 e. The molecule has 1 rings (SSSR count). The number of hydrogen-bond acceptors (Lipinski definition) is 2. The van der Waals surface area contributed by atoms with Gasteiger partial charge in [0, 0.05) is 13.2 Å². The Kier molecular flexibility index (Phi) is 14.3. The van der Waals surface area contributed by atoms with Gasteiger partial charge in [-0.3, -0.25) is 0 Å². The van der Waals surface area contributed by atoms with Gasteiger partial charge in [0.05, 0.1) is 6.10 Å². The molecule has 0 aliphatic carbocycles. The minimum absolute atomic E-state index is 0.502. The SMILES string of the molecule is CCCCCCCCCCCCCCCCOC1CCNC1. The fourth-order valence-corrected chi connectivity index (χ4v) is 3.32. The lowest BCUT2D eigenvalue weighted by Crippen LogP contribution is -2.17. The predicted octanol–water partition coefficient (Wildman–Crippen LogP) is 5.85. The summed E-state index contributed by atoms with van der Waals surface area (Å²) in [5, 5.41) is 3.35. The third-order valence-electron chi connectivity index (χ3n) is 4.87. The Balaban J connectivity index is 1.64. The molecule has 0 bridgehead atoms. The molecule has 132 valence electrons. The van der Waals surface area contributed by atoms with Crippen molar-refractivity contribution in [3.63, 3.8) is 0 Å². The van der Waals surface area contributed by atoms with E-state index < -0.39 is 0 Å². The first-order chi connectivity index (χ1) is 10.9. The summed E-state index contributed by atoms with van der Waals surface area (Å²) in [7, 11) is 0. The summed E-state index contributed by atoms with van der Waals surface area (Å²) >= 11 is 0. The first-order valence-corrected chi connectivity index (χ1v) is 10.3. The van der Waals surface area contributed by atoms with E-state index in [1.807, 2.05) is 0 Å². The lowest BCUT2D eigenvalue weighted by molar-refractivity contribution is 0.0641. The highest BCUT2D eigenvalue weighted by Crippen LogP contribution is 2.13. The van der Waals surface area contributed by atoms with E-state index in [4.69, 9.17) is 4.74 Å². The lowest BCUT2D eigenvalue weighted by Gasteiger charge is -2.09. The highest BCUT2D eigenvalue weighted by Gasteiger charge is 2.13. The zero-order valence-electron chi connectivity index (χ0n) is 15.2. The fraction of sp³-hybridized carbons (Fsp3) is 1.00. The molecule has 0 saturated carbocycles. The van der Waals surface area contributed by atoms with Gasteiger partial charge in [-0.2, -0.15) is 0 Å². The second kappa shape index (κ2) is 15.8. The molecule has 1 atom stereocenters. The molecule has 1 unspecified atom stereocenters. The van der Waals surface area contributed by atoms with Crippen molar-refractivity contribution in [3.8, 4) is 0 Å². The molecule has 1 saturated heterocycles. The summed E-state index contributed by atoms with van der Waals surface area (Å²) in [5.74, 6) is 0. The van der Waals surface area contributed by atoms with E-state index in [0.717, 1.165) is 19.7 Å². The van der Waals surface area contributed by atoms with Gasteiger partial charge in [-0.25, -0.2) is 0 Å². The van der Waals surface area contributed by atoms with Crippen LogP contribution < -0.4 is 5.32 Å². The van der Waals surface area contributed by atoms with Crippen molar-refractivity contribution in [2.75, 3.05) is 19.7 Å². The molecule has 2 nitrogen and oxygen atoms in total. The molecular formula is C20H41NO. The zero-order valence-corrected chi connectivity index (χ0v) is 15.2. The van der Waals surface area contributed by atoms with Crippen LogP contribution in [0.5, 0.6) is 0 Å². The van der Waals surface area contributed by atoms with Gasteiger partial charge >= 0.3 is 0 Å². The third kappa shape index (κ3) is 12.5. The Hall–Kier alpha value is -0.0800. The normalized spacial score (nSPS) is 18.1. The highest BCUT2D eigenvalue weighted by atomic mass is 16.5. The fourth-order valence-electron chi connectivity index (χ4n) is 3.32. The van der Waals surface area contributed by atoms with Gasteiger partial charge in [0.2, 0.25) is 0 Å². The minimum atomic E-state index is 0.502. The molecule has 1 aliphatic rings. The first kappa shape index (κ1) is 20.0. The van der Waals surface area contributed by atoms with E-state index in [1.54, 1.807) is 0 Å². The third-order valence-corrected chi connectivity index (χ3v) is 4.87. The van der Waals surface area contributed by atoms with E-state index >= 15 is 0 Å². The van der Waals surface area contributed by atoms with Gasteiger partial charge in [-0.05, 0) is 19.4 Å². The predicted molar refractivity (Wildman–Crippen MR) is 97.5 cm³/mol. The number of nitrogens with one attached hydrogen (secondary N) is 1. The Morgan fingerprint density at radius 1 is 0.727 bits per heavy atom.